The molecule has 0 spiro atoms. The summed E-state index contributed by atoms with van der Waals surface area (Å²) in [7, 11) is 0. The molecule has 4 aromatic rings. The van der Waals surface area contributed by atoms with Gasteiger partial charge in [0.1, 0.15) is 11.6 Å². The zero-order valence-corrected chi connectivity index (χ0v) is 24.8. The van der Waals surface area contributed by atoms with Gasteiger partial charge in [-0.3, -0.25) is 19.4 Å². The molecule has 0 atom stereocenters. The van der Waals surface area contributed by atoms with Gasteiger partial charge in [-0.15, -0.1) is 0 Å². The fraction of sp³-hybridized carbons (Fsp3) is 0.222. The van der Waals surface area contributed by atoms with Crippen LogP contribution in [0.4, 0.5) is 20.2 Å². The average Bonchev–Trinajstić information content (AvgIpc) is 3.07. The van der Waals surface area contributed by atoms with Gasteiger partial charge in [0.2, 0.25) is 0 Å². The lowest BCUT2D eigenvalue weighted by molar-refractivity contribution is -0.117. The van der Waals surface area contributed by atoms with E-state index < -0.39 is 0 Å². The number of piperazine rings is 1. The van der Waals surface area contributed by atoms with Crippen LogP contribution in [0, 0.1) is 11.6 Å². The molecule has 1 fully saturated rings. The number of carbonyl (C=O) groups is 2. The van der Waals surface area contributed by atoms with Gasteiger partial charge in [-0.25, -0.2) is 8.78 Å². The van der Waals surface area contributed by atoms with E-state index in [-0.39, 0.29) is 35.8 Å². The van der Waals surface area contributed by atoms with Crippen LogP contribution in [0.3, 0.4) is 0 Å². The van der Waals surface area contributed by atoms with Gasteiger partial charge in [0.15, 0.2) is 11.5 Å². The SMILES string of the molecule is O=C(NCCCN1CCN(c2ccc(F)cc2)CC1)c1ccc(C=C2Oc3ccccc3N(Cc3ccccc3F)C2=O)cc1. The molecule has 0 radical (unpaired) electrons. The molecular weight excluding hydrogens is 574 g/mol. The highest BCUT2D eigenvalue weighted by Crippen LogP contribution is 2.36. The summed E-state index contributed by atoms with van der Waals surface area (Å²) >= 11 is 0. The Balaban J connectivity index is 1.01. The van der Waals surface area contributed by atoms with E-state index in [1.165, 1.54) is 23.1 Å². The number of benzene rings is 4. The van der Waals surface area contributed by atoms with E-state index in [0.717, 1.165) is 44.8 Å². The number of halogens is 2. The topological polar surface area (TPSA) is 65.1 Å². The first-order chi connectivity index (χ1) is 21.9. The number of nitrogens with one attached hydrogen (secondary N) is 1. The second-order valence-electron chi connectivity index (χ2n) is 11.1. The van der Waals surface area contributed by atoms with Gasteiger partial charge in [0, 0.05) is 49.5 Å². The number of fused-ring (bicyclic) bond motifs is 1. The minimum Gasteiger partial charge on any atom is -0.449 e. The molecule has 45 heavy (non-hydrogen) atoms. The van der Waals surface area contributed by atoms with Crippen molar-refractivity contribution in [2.75, 3.05) is 49.1 Å². The van der Waals surface area contributed by atoms with Crippen LogP contribution in [0.1, 0.15) is 27.9 Å². The van der Waals surface area contributed by atoms with Crippen molar-refractivity contribution in [2.24, 2.45) is 0 Å². The molecule has 0 aromatic heterocycles. The molecule has 1 saturated heterocycles. The zero-order chi connectivity index (χ0) is 31.2. The van der Waals surface area contributed by atoms with Gasteiger partial charge in [0.05, 0.1) is 12.2 Å². The van der Waals surface area contributed by atoms with Gasteiger partial charge >= 0.3 is 0 Å². The first-order valence-electron chi connectivity index (χ1n) is 15.1. The third-order valence-corrected chi connectivity index (χ3v) is 8.09. The Hall–Kier alpha value is -5.02. The first-order valence-corrected chi connectivity index (χ1v) is 15.1. The molecule has 0 saturated carbocycles. The summed E-state index contributed by atoms with van der Waals surface area (Å²) in [4.78, 5) is 32.4. The van der Waals surface area contributed by atoms with E-state index in [2.05, 4.69) is 15.1 Å². The Morgan fingerprint density at radius 2 is 1.56 bits per heavy atom. The van der Waals surface area contributed by atoms with Crippen LogP contribution < -0.4 is 19.9 Å². The molecule has 4 aromatic carbocycles. The third-order valence-electron chi connectivity index (χ3n) is 8.09. The molecule has 2 aliphatic heterocycles. The summed E-state index contributed by atoms with van der Waals surface area (Å²) in [6.07, 6.45) is 2.46. The van der Waals surface area contributed by atoms with Crippen molar-refractivity contribution in [3.05, 3.63) is 131 Å². The lowest BCUT2D eigenvalue weighted by atomic mass is 10.1. The smallest absolute Gasteiger partial charge is 0.294 e. The number of hydrogen-bond donors (Lipinski definition) is 1. The van der Waals surface area contributed by atoms with Gasteiger partial charge in [-0.2, -0.15) is 0 Å². The number of hydrogen-bond acceptors (Lipinski definition) is 5. The molecule has 0 unspecified atom stereocenters. The number of nitrogens with zero attached hydrogens (tertiary/aromatic N) is 3. The van der Waals surface area contributed by atoms with Crippen molar-refractivity contribution in [1.29, 1.82) is 0 Å². The van der Waals surface area contributed by atoms with Crippen molar-refractivity contribution in [3.8, 4) is 5.75 Å². The number of rotatable bonds is 9. The first kappa shape index (κ1) is 30.0. The largest absolute Gasteiger partial charge is 0.449 e. The second-order valence-corrected chi connectivity index (χ2v) is 11.1. The predicted octanol–water partition coefficient (Wildman–Crippen LogP) is 5.87. The van der Waals surface area contributed by atoms with E-state index in [4.69, 9.17) is 4.74 Å². The summed E-state index contributed by atoms with van der Waals surface area (Å²) in [5, 5.41) is 2.99. The molecule has 0 bridgehead atoms. The van der Waals surface area contributed by atoms with E-state index in [1.54, 1.807) is 66.7 Å². The van der Waals surface area contributed by atoms with Crippen LogP contribution in [0.25, 0.3) is 6.08 Å². The van der Waals surface area contributed by atoms with Crippen LogP contribution in [0.2, 0.25) is 0 Å². The van der Waals surface area contributed by atoms with E-state index in [9.17, 15) is 18.4 Å². The van der Waals surface area contributed by atoms with Crippen molar-refractivity contribution < 1.29 is 23.1 Å². The van der Waals surface area contributed by atoms with Gasteiger partial charge in [-0.1, -0.05) is 42.5 Å². The van der Waals surface area contributed by atoms with Crippen LogP contribution in [0.5, 0.6) is 5.75 Å². The van der Waals surface area contributed by atoms with Gasteiger partial charge in [-0.05, 0) is 79.2 Å². The van der Waals surface area contributed by atoms with Gasteiger partial charge < -0.3 is 15.0 Å². The number of anilines is 2. The van der Waals surface area contributed by atoms with Gasteiger partial charge in [0.25, 0.3) is 11.8 Å². The number of amides is 2. The second kappa shape index (κ2) is 13.7. The van der Waals surface area contributed by atoms with E-state index in [0.29, 0.717) is 34.7 Å². The van der Waals surface area contributed by atoms with Crippen molar-refractivity contribution in [2.45, 2.75) is 13.0 Å². The lowest BCUT2D eigenvalue weighted by Crippen LogP contribution is -2.47. The zero-order valence-electron chi connectivity index (χ0n) is 24.8. The molecule has 2 heterocycles. The van der Waals surface area contributed by atoms with Crippen molar-refractivity contribution >= 4 is 29.3 Å². The molecule has 2 amide bonds. The lowest BCUT2D eigenvalue weighted by Gasteiger charge is -2.36. The van der Waals surface area contributed by atoms with Crippen LogP contribution >= 0.6 is 0 Å². The fourth-order valence-corrected chi connectivity index (χ4v) is 5.59. The summed E-state index contributed by atoms with van der Waals surface area (Å²) in [5.74, 6) is -0.530. The average molecular weight is 609 g/mol. The van der Waals surface area contributed by atoms with Crippen LogP contribution in [-0.4, -0.2) is 56.0 Å². The Bertz CT molecular complexity index is 1680. The molecule has 1 N–H and O–H groups in total. The Morgan fingerprint density at radius 3 is 2.31 bits per heavy atom. The van der Waals surface area contributed by atoms with Crippen LogP contribution in [0.15, 0.2) is 103 Å². The van der Waals surface area contributed by atoms with Crippen molar-refractivity contribution in [1.82, 2.24) is 10.2 Å². The predicted molar refractivity (Wildman–Crippen MR) is 171 cm³/mol. The standard InChI is InChI=1S/C36H34F2N4O3/c37-29-14-16-30(17-15-29)41-22-20-40(21-23-41)19-5-18-39-35(43)27-12-10-26(11-13-27)24-34-36(44)42(25-28-6-1-2-7-31(28)38)32-8-3-4-9-33(32)45-34/h1-4,6-17,24H,5,18-23,25H2,(H,39,43). The number of carbonyl (C=O) groups excluding carboxylic acids is 2. The Kier molecular flexibility index (Phi) is 9.17. The minimum atomic E-state index is -0.380. The van der Waals surface area contributed by atoms with E-state index in [1.807, 2.05) is 18.2 Å². The normalized spacial score (nSPS) is 16.0. The summed E-state index contributed by atoms with van der Waals surface area (Å²) in [5.41, 5.74) is 3.23. The molecular formula is C36H34F2N4O3. The molecule has 7 nitrogen and oxygen atoms in total. The molecule has 230 valence electrons. The highest BCUT2D eigenvalue weighted by Gasteiger charge is 2.30. The fourth-order valence-electron chi connectivity index (χ4n) is 5.59. The minimum absolute atomic E-state index is 0.0640. The highest BCUT2D eigenvalue weighted by atomic mass is 19.1. The Morgan fingerprint density at radius 1 is 0.844 bits per heavy atom. The summed E-state index contributed by atoms with van der Waals surface area (Å²) < 4.78 is 33.6. The maximum Gasteiger partial charge on any atom is 0.294 e. The highest BCUT2D eigenvalue weighted by molar-refractivity contribution is 6.09. The van der Waals surface area contributed by atoms with Crippen LogP contribution in [-0.2, 0) is 11.3 Å². The summed E-state index contributed by atoms with van der Waals surface area (Å²) in [6, 6.07) is 27.1. The molecule has 2 aliphatic rings. The number of ether oxygens (including phenoxy) is 1. The Labute approximate surface area is 261 Å². The molecule has 6 rings (SSSR count). The third kappa shape index (κ3) is 7.21. The monoisotopic (exact) mass is 608 g/mol. The van der Waals surface area contributed by atoms with Crippen molar-refractivity contribution in [3.63, 3.8) is 0 Å². The van der Waals surface area contributed by atoms with E-state index >= 15 is 0 Å². The maximum atomic E-state index is 14.4. The molecule has 0 aliphatic carbocycles. The summed E-state index contributed by atoms with van der Waals surface area (Å²) in [6.45, 7) is 5.11. The maximum absolute atomic E-state index is 14.4. The number of para-hydroxylation sites is 2. The molecule has 9 heteroatoms. The quantitative estimate of drug-likeness (QED) is 0.190.